The van der Waals surface area contributed by atoms with Gasteiger partial charge < -0.3 is 24.8 Å². The molecule has 4 atom stereocenters. The summed E-state index contributed by atoms with van der Waals surface area (Å²) in [5.41, 5.74) is 2.08. The Balaban J connectivity index is 1.75. The van der Waals surface area contributed by atoms with Crippen LogP contribution in [0.2, 0.25) is 0 Å². The third-order valence-electron chi connectivity index (χ3n) is 4.43. The van der Waals surface area contributed by atoms with E-state index in [4.69, 9.17) is 14.7 Å². The lowest BCUT2D eigenvalue weighted by atomic mass is 9.98. The maximum Gasteiger partial charge on any atom is 0.228 e. The number of hydrogen-bond donors (Lipinski definition) is 3. The Hall–Kier alpha value is -2.76. The number of aryl methyl sites for hydroxylation is 1. The highest BCUT2D eigenvalue weighted by molar-refractivity contribution is 6.10. The van der Waals surface area contributed by atoms with E-state index in [1.54, 1.807) is 49.4 Å². The summed E-state index contributed by atoms with van der Waals surface area (Å²) in [5, 5.41) is 37.9. The molecule has 2 aromatic rings. The van der Waals surface area contributed by atoms with E-state index in [-0.39, 0.29) is 12.4 Å². The van der Waals surface area contributed by atoms with Crippen molar-refractivity contribution in [2.24, 2.45) is 0 Å². The topological polar surface area (TPSA) is 120 Å². The summed E-state index contributed by atoms with van der Waals surface area (Å²) < 4.78 is 10.8. The lowest BCUT2D eigenvalue weighted by molar-refractivity contribution is -0.242. The Kier molecular flexibility index (Phi) is 5.54. The molecule has 140 valence electrons. The van der Waals surface area contributed by atoms with Gasteiger partial charge in [0.2, 0.25) is 6.29 Å². The molecule has 1 aliphatic rings. The zero-order valence-electron chi connectivity index (χ0n) is 14.6. The SMILES string of the molecule is Cc1cc(O[C@H]2OC[C@@H](O)[C@@H](O)[C@@H]2O)ccc1C(=O)c1ccc(C#N)cc1. The normalized spacial score (nSPS) is 24.9. The Morgan fingerprint density at radius 3 is 2.48 bits per heavy atom. The molecular weight excluding hydrogens is 350 g/mol. The van der Waals surface area contributed by atoms with Crippen LogP contribution in [0.1, 0.15) is 27.0 Å². The van der Waals surface area contributed by atoms with Gasteiger partial charge >= 0.3 is 0 Å². The van der Waals surface area contributed by atoms with Crippen molar-refractivity contribution in [3.8, 4) is 11.8 Å². The number of nitriles is 1. The minimum absolute atomic E-state index is 0.156. The quantitative estimate of drug-likeness (QED) is 0.685. The molecule has 0 bridgehead atoms. The van der Waals surface area contributed by atoms with Crippen molar-refractivity contribution < 1.29 is 29.6 Å². The van der Waals surface area contributed by atoms with Crippen molar-refractivity contribution in [2.75, 3.05) is 6.61 Å². The van der Waals surface area contributed by atoms with Crippen LogP contribution in [0.15, 0.2) is 42.5 Å². The highest BCUT2D eigenvalue weighted by Crippen LogP contribution is 2.24. The molecule has 0 saturated carbocycles. The van der Waals surface area contributed by atoms with Crippen molar-refractivity contribution in [1.82, 2.24) is 0 Å². The highest BCUT2D eigenvalue weighted by atomic mass is 16.7. The highest BCUT2D eigenvalue weighted by Gasteiger charge is 2.39. The molecule has 27 heavy (non-hydrogen) atoms. The van der Waals surface area contributed by atoms with Gasteiger partial charge in [-0.2, -0.15) is 5.26 Å². The first-order valence-electron chi connectivity index (χ1n) is 8.38. The average molecular weight is 369 g/mol. The van der Waals surface area contributed by atoms with Gasteiger partial charge in [-0.3, -0.25) is 4.79 Å². The zero-order chi connectivity index (χ0) is 19.6. The predicted molar refractivity (Wildman–Crippen MR) is 94.2 cm³/mol. The van der Waals surface area contributed by atoms with Crippen molar-refractivity contribution in [1.29, 1.82) is 5.26 Å². The van der Waals surface area contributed by atoms with E-state index >= 15 is 0 Å². The number of ketones is 1. The molecular formula is C20H19NO6. The fourth-order valence-corrected chi connectivity index (χ4v) is 2.83. The van der Waals surface area contributed by atoms with Gasteiger partial charge in [-0.1, -0.05) is 0 Å². The van der Waals surface area contributed by atoms with Crippen LogP contribution in [0, 0.1) is 18.3 Å². The van der Waals surface area contributed by atoms with E-state index in [1.165, 1.54) is 0 Å². The first-order chi connectivity index (χ1) is 12.9. The number of ether oxygens (including phenoxy) is 2. The minimum atomic E-state index is -1.39. The van der Waals surface area contributed by atoms with Crippen LogP contribution in [0.25, 0.3) is 0 Å². The number of hydrogen-bond acceptors (Lipinski definition) is 7. The van der Waals surface area contributed by atoms with Crippen LogP contribution in [0.3, 0.4) is 0 Å². The van der Waals surface area contributed by atoms with Gasteiger partial charge in [0.05, 0.1) is 18.2 Å². The van der Waals surface area contributed by atoms with Crippen LogP contribution in [0.5, 0.6) is 5.75 Å². The molecule has 1 saturated heterocycles. The second kappa shape index (κ2) is 7.86. The molecule has 7 nitrogen and oxygen atoms in total. The summed E-state index contributed by atoms with van der Waals surface area (Å²) in [6.45, 7) is 1.59. The molecule has 3 rings (SSSR count). The van der Waals surface area contributed by atoms with E-state index in [0.717, 1.165) is 0 Å². The second-order valence-electron chi connectivity index (χ2n) is 6.36. The fraction of sp³-hybridized carbons (Fsp3) is 0.300. The Bertz CT molecular complexity index is 873. The summed E-state index contributed by atoms with van der Waals surface area (Å²) in [5.74, 6) is 0.174. The van der Waals surface area contributed by atoms with E-state index in [1.807, 2.05) is 6.07 Å². The third-order valence-corrected chi connectivity index (χ3v) is 4.43. The molecule has 1 aliphatic heterocycles. The molecule has 0 unspecified atom stereocenters. The number of carbonyl (C=O) groups is 1. The molecule has 3 N–H and O–H groups in total. The number of aliphatic hydroxyl groups is 3. The van der Waals surface area contributed by atoms with E-state index < -0.39 is 24.6 Å². The van der Waals surface area contributed by atoms with Gasteiger partial charge in [-0.25, -0.2) is 0 Å². The first kappa shape index (κ1) is 19.0. The number of aliphatic hydroxyl groups excluding tert-OH is 3. The Morgan fingerprint density at radius 1 is 1.15 bits per heavy atom. The van der Waals surface area contributed by atoms with Crippen molar-refractivity contribution in [3.63, 3.8) is 0 Å². The molecule has 0 spiro atoms. The van der Waals surface area contributed by atoms with Crippen molar-refractivity contribution in [3.05, 3.63) is 64.7 Å². The fourth-order valence-electron chi connectivity index (χ4n) is 2.83. The molecule has 1 fully saturated rings. The van der Waals surface area contributed by atoms with Gasteiger partial charge in [-0.05, 0) is 55.0 Å². The molecule has 2 aromatic carbocycles. The monoisotopic (exact) mass is 369 g/mol. The van der Waals surface area contributed by atoms with E-state index in [0.29, 0.717) is 28.0 Å². The molecule has 0 radical (unpaired) electrons. The summed E-state index contributed by atoms with van der Waals surface area (Å²) >= 11 is 0. The van der Waals surface area contributed by atoms with E-state index in [2.05, 4.69) is 0 Å². The molecule has 0 amide bonds. The Morgan fingerprint density at radius 2 is 1.85 bits per heavy atom. The van der Waals surface area contributed by atoms with Gasteiger partial charge in [-0.15, -0.1) is 0 Å². The largest absolute Gasteiger partial charge is 0.462 e. The minimum Gasteiger partial charge on any atom is -0.462 e. The lowest BCUT2D eigenvalue weighted by Gasteiger charge is -2.35. The van der Waals surface area contributed by atoms with Crippen LogP contribution < -0.4 is 4.74 Å². The van der Waals surface area contributed by atoms with Crippen LogP contribution in [-0.4, -0.2) is 52.3 Å². The first-order valence-corrected chi connectivity index (χ1v) is 8.38. The molecule has 1 heterocycles. The summed E-state index contributed by atoms with van der Waals surface area (Å²) in [6.07, 6.45) is -5.05. The number of nitrogens with zero attached hydrogens (tertiary/aromatic N) is 1. The van der Waals surface area contributed by atoms with Crippen LogP contribution in [0.4, 0.5) is 0 Å². The van der Waals surface area contributed by atoms with Gasteiger partial charge in [0.1, 0.15) is 24.1 Å². The average Bonchev–Trinajstić information content (AvgIpc) is 2.68. The Labute approximate surface area is 156 Å². The maximum atomic E-state index is 12.6. The number of rotatable bonds is 4. The maximum absolute atomic E-state index is 12.6. The molecule has 7 heteroatoms. The number of benzene rings is 2. The third kappa shape index (κ3) is 3.99. The summed E-state index contributed by atoms with van der Waals surface area (Å²) in [7, 11) is 0. The smallest absolute Gasteiger partial charge is 0.228 e. The van der Waals surface area contributed by atoms with Crippen LogP contribution in [-0.2, 0) is 4.74 Å². The standard InChI is InChI=1S/C20H19NO6/c1-11-8-14(27-20-19(25)18(24)16(22)10-26-20)6-7-15(11)17(23)13-4-2-12(9-21)3-5-13/h2-8,16,18-20,22,24-25H,10H2,1H3/t16-,18-,19+,20-/m1/s1. The van der Waals surface area contributed by atoms with Gasteiger partial charge in [0.25, 0.3) is 0 Å². The summed E-state index contributed by atoms with van der Waals surface area (Å²) in [4.78, 5) is 12.6. The van der Waals surface area contributed by atoms with Crippen molar-refractivity contribution in [2.45, 2.75) is 31.5 Å². The predicted octanol–water partition coefficient (Wildman–Crippen LogP) is 0.916. The van der Waals surface area contributed by atoms with Crippen molar-refractivity contribution >= 4 is 5.78 Å². The number of carbonyl (C=O) groups excluding carboxylic acids is 1. The van der Waals surface area contributed by atoms with E-state index in [9.17, 15) is 20.1 Å². The summed E-state index contributed by atoms with van der Waals surface area (Å²) in [6, 6.07) is 13.2. The second-order valence-corrected chi connectivity index (χ2v) is 6.36. The van der Waals surface area contributed by atoms with Gasteiger partial charge in [0.15, 0.2) is 5.78 Å². The zero-order valence-corrected chi connectivity index (χ0v) is 14.6. The lowest BCUT2D eigenvalue weighted by Crippen LogP contribution is -2.54. The van der Waals surface area contributed by atoms with Crippen LogP contribution >= 0.6 is 0 Å². The molecule has 0 aromatic heterocycles. The molecule has 0 aliphatic carbocycles. The van der Waals surface area contributed by atoms with Gasteiger partial charge in [0, 0.05) is 11.1 Å².